The number of rotatable bonds is 4. The van der Waals surface area contributed by atoms with Crippen molar-refractivity contribution in [3.63, 3.8) is 0 Å². The fraction of sp³-hybridized carbons (Fsp3) is 0.909. The van der Waals surface area contributed by atoms with E-state index >= 15 is 0 Å². The molecule has 106 valence electrons. The number of hydrogen-bond donors (Lipinski definition) is 1. The molecule has 0 radical (unpaired) electrons. The zero-order valence-corrected chi connectivity index (χ0v) is 12.2. The van der Waals surface area contributed by atoms with E-state index < -0.39 is 21.7 Å². The fourth-order valence-electron chi connectivity index (χ4n) is 2.05. The van der Waals surface area contributed by atoms with Gasteiger partial charge in [-0.2, -0.15) is 17.4 Å². The lowest BCUT2D eigenvalue weighted by molar-refractivity contribution is -0.146. The third kappa shape index (κ3) is 3.66. The molecule has 1 fully saturated rings. The summed E-state index contributed by atoms with van der Waals surface area (Å²) in [5, 5.41) is 0. The van der Waals surface area contributed by atoms with Gasteiger partial charge in [0.1, 0.15) is 5.54 Å². The van der Waals surface area contributed by atoms with Crippen LogP contribution < -0.4 is 4.72 Å². The molecule has 1 aliphatic heterocycles. The minimum absolute atomic E-state index is 0.344. The first kappa shape index (κ1) is 15.4. The normalized spacial score (nSPS) is 22.8. The maximum atomic E-state index is 12.2. The highest BCUT2D eigenvalue weighted by Gasteiger charge is 2.37. The van der Waals surface area contributed by atoms with Gasteiger partial charge in [0.2, 0.25) is 0 Å². The van der Waals surface area contributed by atoms with Crippen molar-refractivity contribution in [2.75, 3.05) is 20.2 Å². The van der Waals surface area contributed by atoms with Gasteiger partial charge in [0, 0.05) is 13.1 Å². The summed E-state index contributed by atoms with van der Waals surface area (Å²) in [6.07, 6.45) is 1.88. The van der Waals surface area contributed by atoms with Crippen molar-refractivity contribution in [3.05, 3.63) is 0 Å². The molecule has 1 N–H and O–H groups in total. The van der Waals surface area contributed by atoms with Crippen molar-refractivity contribution in [2.45, 2.75) is 39.2 Å². The molecule has 0 aliphatic carbocycles. The third-order valence-corrected chi connectivity index (χ3v) is 4.82. The van der Waals surface area contributed by atoms with Crippen molar-refractivity contribution >= 4 is 16.2 Å². The van der Waals surface area contributed by atoms with Crippen LogP contribution in [0.15, 0.2) is 0 Å². The van der Waals surface area contributed by atoms with Crippen LogP contribution in [0.25, 0.3) is 0 Å². The Balaban J connectivity index is 2.78. The molecule has 1 rings (SSSR count). The topological polar surface area (TPSA) is 75.7 Å². The zero-order valence-electron chi connectivity index (χ0n) is 11.4. The first-order valence-corrected chi connectivity index (χ1v) is 7.50. The Bertz CT molecular complexity index is 405. The van der Waals surface area contributed by atoms with E-state index in [1.807, 2.05) is 6.92 Å². The number of nitrogens with zero attached hydrogens (tertiary/aromatic N) is 1. The molecular formula is C11H22N2O4S. The lowest BCUT2D eigenvalue weighted by Crippen LogP contribution is -2.56. The predicted octanol–water partition coefficient (Wildman–Crippen LogP) is 0.504. The van der Waals surface area contributed by atoms with E-state index in [2.05, 4.69) is 9.46 Å². The molecule has 0 unspecified atom stereocenters. The van der Waals surface area contributed by atoms with Gasteiger partial charge in [-0.15, -0.1) is 0 Å². The van der Waals surface area contributed by atoms with E-state index in [-0.39, 0.29) is 0 Å². The second-order valence-electron chi connectivity index (χ2n) is 5.33. The monoisotopic (exact) mass is 278 g/mol. The molecule has 6 nitrogen and oxygen atoms in total. The zero-order chi connectivity index (χ0) is 14.0. The van der Waals surface area contributed by atoms with Gasteiger partial charge < -0.3 is 4.74 Å². The van der Waals surface area contributed by atoms with Crippen molar-refractivity contribution in [1.82, 2.24) is 9.03 Å². The number of carbonyl (C=O) groups is 1. The SMILES string of the molecule is COC(=O)C(C)(C)NS(=O)(=O)N1CCC[C@H](C)C1. The molecular weight excluding hydrogens is 256 g/mol. The third-order valence-electron chi connectivity index (χ3n) is 3.04. The van der Waals surface area contributed by atoms with Crippen LogP contribution in [-0.2, 0) is 19.7 Å². The maximum absolute atomic E-state index is 12.2. The number of carbonyl (C=O) groups excluding carboxylic acids is 1. The Hall–Kier alpha value is -0.660. The number of ether oxygens (including phenoxy) is 1. The first-order valence-electron chi connectivity index (χ1n) is 6.06. The maximum Gasteiger partial charge on any atom is 0.326 e. The van der Waals surface area contributed by atoms with E-state index in [0.29, 0.717) is 19.0 Å². The van der Waals surface area contributed by atoms with E-state index in [1.165, 1.54) is 25.3 Å². The van der Waals surface area contributed by atoms with Gasteiger partial charge in [-0.05, 0) is 32.6 Å². The number of hydrogen-bond acceptors (Lipinski definition) is 4. The summed E-state index contributed by atoms with van der Waals surface area (Å²) in [5.41, 5.74) is -1.26. The highest BCUT2D eigenvalue weighted by molar-refractivity contribution is 7.87. The molecule has 0 spiro atoms. The van der Waals surface area contributed by atoms with Crippen LogP contribution in [0, 0.1) is 5.92 Å². The molecule has 0 aromatic heterocycles. The van der Waals surface area contributed by atoms with Crippen molar-refractivity contribution < 1.29 is 17.9 Å². The van der Waals surface area contributed by atoms with Crippen LogP contribution in [0.4, 0.5) is 0 Å². The lowest BCUT2D eigenvalue weighted by atomic mass is 10.0. The summed E-state index contributed by atoms with van der Waals surface area (Å²) in [6, 6.07) is 0. The summed E-state index contributed by atoms with van der Waals surface area (Å²) < 4.78 is 32.7. The van der Waals surface area contributed by atoms with Crippen molar-refractivity contribution in [1.29, 1.82) is 0 Å². The number of nitrogens with one attached hydrogen (secondary N) is 1. The number of esters is 1. The molecule has 1 saturated heterocycles. The van der Waals surface area contributed by atoms with Crippen LogP contribution in [0.2, 0.25) is 0 Å². The van der Waals surface area contributed by atoms with Gasteiger partial charge in [0.05, 0.1) is 7.11 Å². The van der Waals surface area contributed by atoms with Crippen LogP contribution in [0.5, 0.6) is 0 Å². The van der Waals surface area contributed by atoms with Gasteiger partial charge in [0.15, 0.2) is 0 Å². The molecule has 0 bridgehead atoms. The smallest absolute Gasteiger partial charge is 0.326 e. The van der Waals surface area contributed by atoms with Crippen LogP contribution in [-0.4, -0.2) is 44.4 Å². The Morgan fingerprint density at radius 1 is 1.44 bits per heavy atom. The van der Waals surface area contributed by atoms with Crippen molar-refractivity contribution in [2.24, 2.45) is 5.92 Å². The molecule has 0 saturated carbocycles. The summed E-state index contributed by atoms with van der Waals surface area (Å²) in [4.78, 5) is 11.5. The predicted molar refractivity (Wildman–Crippen MR) is 68.1 cm³/mol. The van der Waals surface area contributed by atoms with E-state index in [1.54, 1.807) is 0 Å². The molecule has 1 aliphatic rings. The summed E-state index contributed by atoms with van der Waals surface area (Å²) >= 11 is 0. The Morgan fingerprint density at radius 3 is 2.56 bits per heavy atom. The summed E-state index contributed by atoms with van der Waals surface area (Å²) in [5.74, 6) is -0.257. The fourth-order valence-corrected chi connectivity index (χ4v) is 3.73. The van der Waals surface area contributed by atoms with Crippen molar-refractivity contribution in [3.8, 4) is 0 Å². The Labute approximate surface area is 109 Å². The molecule has 0 aromatic rings. The van der Waals surface area contributed by atoms with Gasteiger partial charge >= 0.3 is 5.97 Å². The molecule has 18 heavy (non-hydrogen) atoms. The van der Waals surface area contributed by atoms with E-state index in [0.717, 1.165) is 12.8 Å². The minimum Gasteiger partial charge on any atom is -0.468 e. The van der Waals surface area contributed by atoms with Gasteiger partial charge in [0.25, 0.3) is 10.2 Å². The molecule has 0 amide bonds. The average molecular weight is 278 g/mol. The second-order valence-corrected chi connectivity index (χ2v) is 7.00. The Kier molecular flexibility index (Phi) is 4.74. The quantitative estimate of drug-likeness (QED) is 0.760. The number of piperidine rings is 1. The largest absolute Gasteiger partial charge is 0.468 e. The molecule has 1 heterocycles. The average Bonchev–Trinajstić information content (AvgIpc) is 2.26. The lowest BCUT2D eigenvalue weighted by Gasteiger charge is -2.33. The summed E-state index contributed by atoms with van der Waals surface area (Å²) in [6.45, 7) is 5.99. The second kappa shape index (κ2) is 5.54. The van der Waals surface area contributed by atoms with Gasteiger partial charge in [-0.1, -0.05) is 6.92 Å². The van der Waals surface area contributed by atoms with E-state index in [9.17, 15) is 13.2 Å². The standard InChI is InChI=1S/C11H22N2O4S/c1-9-6-5-7-13(8-9)18(15,16)12-11(2,3)10(14)17-4/h9,12H,5-8H2,1-4H3/t9-/m0/s1. The molecule has 1 atom stereocenters. The molecule has 7 heteroatoms. The number of methoxy groups -OCH3 is 1. The Morgan fingerprint density at radius 2 is 2.06 bits per heavy atom. The van der Waals surface area contributed by atoms with Crippen LogP contribution in [0.1, 0.15) is 33.6 Å². The highest BCUT2D eigenvalue weighted by atomic mass is 32.2. The highest BCUT2D eigenvalue weighted by Crippen LogP contribution is 2.19. The summed E-state index contributed by atoms with van der Waals surface area (Å²) in [7, 11) is -2.41. The van der Waals surface area contributed by atoms with E-state index in [4.69, 9.17) is 0 Å². The van der Waals surface area contributed by atoms with Gasteiger partial charge in [-0.25, -0.2) is 0 Å². The van der Waals surface area contributed by atoms with Crippen LogP contribution in [0.3, 0.4) is 0 Å². The van der Waals surface area contributed by atoms with Gasteiger partial charge in [-0.3, -0.25) is 4.79 Å². The molecule has 0 aromatic carbocycles. The minimum atomic E-state index is -3.65. The van der Waals surface area contributed by atoms with Crippen LogP contribution >= 0.6 is 0 Å². The first-order chi connectivity index (χ1) is 8.19.